The molecule has 1 radical (unpaired) electrons. The molecule has 2 heteroatoms. The van der Waals surface area contributed by atoms with Crippen LogP contribution in [0.25, 0.3) is 0 Å². The van der Waals surface area contributed by atoms with E-state index < -0.39 is 8.32 Å². The molecule has 0 aliphatic rings. The summed E-state index contributed by atoms with van der Waals surface area (Å²) >= 11 is 0. The third-order valence-electron chi connectivity index (χ3n) is 1.47. The Kier molecular flexibility index (Phi) is 1.92. The van der Waals surface area contributed by atoms with Crippen molar-refractivity contribution in [2.45, 2.75) is 13.1 Å². The Balaban J connectivity index is 2.97. The van der Waals surface area contributed by atoms with Crippen molar-refractivity contribution in [1.29, 1.82) is 0 Å². The van der Waals surface area contributed by atoms with Crippen LogP contribution < -0.4 is 5.19 Å². The zero-order valence-corrected chi connectivity index (χ0v) is 7.29. The fourth-order valence-electron chi connectivity index (χ4n) is 0.840. The fourth-order valence-corrected chi connectivity index (χ4v) is 1.83. The summed E-state index contributed by atoms with van der Waals surface area (Å²) in [4.78, 5) is 11.4. The predicted octanol–water partition coefficient (Wildman–Crippen LogP) is 1.53. The molecule has 0 unspecified atom stereocenters. The van der Waals surface area contributed by atoms with Crippen LogP contribution in [0.4, 0.5) is 0 Å². The van der Waals surface area contributed by atoms with Crippen molar-refractivity contribution in [1.82, 2.24) is 0 Å². The molecule has 0 aliphatic carbocycles. The van der Waals surface area contributed by atoms with Gasteiger partial charge < -0.3 is 0 Å². The van der Waals surface area contributed by atoms with Crippen molar-refractivity contribution in [3.8, 4) is 0 Å². The van der Waals surface area contributed by atoms with E-state index in [2.05, 4.69) is 0 Å². The summed E-state index contributed by atoms with van der Waals surface area (Å²) in [7, 11) is -2.28. The van der Waals surface area contributed by atoms with Gasteiger partial charge in [-0.3, -0.25) is 4.80 Å². The van der Waals surface area contributed by atoms with E-state index in [4.69, 9.17) is 0 Å². The van der Waals surface area contributed by atoms with Gasteiger partial charge in [-0.2, -0.15) is 0 Å². The van der Waals surface area contributed by atoms with Crippen molar-refractivity contribution in [3.63, 3.8) is 0 Å². The summed E-state index contributed by atoms with van der Waals surface area (Å²) < 4.78 is 0. The minimum atomic E-state index is -2.28. The zero-order valence-electron chi connectivity index (χ0n) is 6.29. The normalized spacial score (nSPS) is 11.5. The molecule has 0 saturated carbocycles. The second-order valence-electron chi connectivity index (χ2n) is 2.88. The Hall–Kier alpha value is -0.603. The molecule has 10 heavy (non-hydrogen) atoms. The van der Waals surface area contributed by atoms with Crippen LogP contribution >= 0.6 is 0 Å². The van der Waals surface area contributed by atoms with Crippen LogP contribution in [-0.2, 0) is 4.80 Å². The van der Waals surface area contributed by atoms with E-state index in [0.29, 0.717) is 0 Å². The standard InChI is InChI=1S/C8H11OSi/c1-10(2,9)8-6-4-3-5-7-8/h3-7H,1-2H3. The summed E-state index contributed by atoms with van der Waals surface area (Å²) in [5.41, 5.74) is 0. The van der Waals surface area contributed by atoms with Gasteiger partial charge in [0.2, 0.25) is 0 Å². The van der Waals surface area contributed by atoms with E-state index in [9.17, 15) is 4.80 Å². The van der Waals surface area contributed by atoms with E-state index in [1.54, 1.807) is 0 Å². The van der Waals surface area contributed by atoms with Crippen LogP contribution in [0, 0.1) is 0 Å². The first-order chi connectivity index (χ1) is 4.61. The van der Waals surface area contributed by atoms with Crippen LogP contribution in [0.1, 0.15) is 0 Å². The van der Waals surface area contributed by atoms with Gasteiger partial charge in [-0.15, -0.1) is 0 Å². The summed E-state index contributed by atoms with van der Waals surface area (Å²) in [5, 5.41) is 0.981. The maximum Gasteiger partial charge on any atom is 0.262 e. The molecule has 0 aliphatic heterocycles. The highest BCUT2D eigenvalue weighted by Gasteiger charge is 2.21. The Bertz CT molecular complexity index is 200. The average Bonchev–Trinajstić information content (AvgIpc) is 1.88. The second-order valence-corrected chi connectivity index (χ2v) is 6.47. The van der Waals surface area contributed by atoms with Crippen LogP contribution in [0.15, 0.2) is 30.3 Å². The predicted molar refractivity (Wildman–Crippen MR) is 44.2 cm³/mol. The first-order valence-corrected chi connectivity index (χ1v) is 6.27. The van der Waals surface area contributed by atoms with E-state index in [-0.39, 0.29) is 0 Å². The molecule has 0 bridgehead atoms. The highest BCUT2D eigenvalue weighted by molar-refractivity contribution is 6.82. The topological polar surface area (TPSA) is 19.9 Å². The monoisotopic (exact) mass is 151 g/mol. The zero-order chi connectivity index (χ0) is 7.61. The minimum absolute atomic E-state index is 0.981. The maximum atomic E-state index is 11.4. The summed E-state index contributed by atoms with van der Waals surface area (Å²) in [6.45, 7) is 3.62. The number of benzene rings is 1. The first-order valence-electron chi connectivity index (χ1n) is 3.36. The third kappa shape index (κ3) is 1.69. The maximum absolute atomic E-state index is 11.4. The van der Waals surface area contributed by atoms with E-state index in [1.165, 1.54) is 0 Å². The molecule has 0 aromatic heterocycles. The quantitative estimate of drug-likeness (QED) is 0.542. The Morgan fingerprint density at radius 3 is 1.90 bits per heavy atom. The number of hydrogen-bond acceptors (Lipinski definition) is 0. The highest BCUT2D eigenvalue weighted by atomic mass is 28.4. The van der Waals surface area contributed by atoms with Gasteiger partial charge >= 0.3 is 0 Å². The SMILES string of the molecule is C[Si](C)([O])c1ccccc1. The summed E-state index contributed by atoms with van der Waals surface area (Å²) in [6, 6.07) is 9.60. The lowest BCUT2D eigenvalue weighted by Crippen LogP contribution is -2.39. The molecule has 0 N–H and O–H groups in total. The summed E-state index contributed by atoms with van der Waals surface area (Å²) in [6.07, 6.45) is 0. The molecule has 1 aromatic carbocycles. The van der Waals surface area contributed by atoms with Crippen molar-refractivity contribution in [2.75, 3.05) is 0 Å². The Morgan fingerprint density at radius 1 is 1.10 bits per heavy atom. The van der Waals surface area contributed by atoms with E-state index >= 15 is 0 Å². The van der Waals surface area contributed by atoms with Gasteiger partial charge in [0.15, 0.2) is 0 Å². The molecule has 1 nitrogen and oxygen atoms in total. The lowest BCUT2D eigenvalue weighted by atomic mass is 10.4. The molecular formula is C8H11OSi. The molecule has 0 spiro atoms. The molecule has 0 atom stereocenters. The minimum Gasteiger partial charge on any atom is -0.292 e. The van der Waals surface area contributed by atoms with Gasteiger partial charge in [0, 0.05) is 0 Å². The average molecular weight is 151 g/mol. The van der Waals surface area contributed by atoms with Crippen molar-refractivity contribution < 1.29 is 4.80 Å². The lowest BCUT2D eigenvalue weighted by Gasteiger charge is -2.09. The van der Waals surface area contributed by atoms with Crippen LogP contribution in [0.2, 0.25) is 13.1 Å². The van der Waals surface area contributed by atoms with Gasteiger partial charge in [0.05, 0.1) is 0 Å². The van der Waals surface area contributed by atoms with E-state index in [1.807, 2.05) is 43.4 Å². The van der Waals surface area contributed by atoms with Gasteiger partial charge in [0.25, 0.3) is 8.32 Å². The molecule has 53 valence electrons. The molecule has 0 saturated heterocycles. The molecule has 0 heterocycles. The highest BCUT2D eigenvalue weighted by Crippen LogP contribution is 1.97. The van der Waals surface area contributed by atoms with Crippen LogP contribution in [0.3, 0.4) is 0 Å². The summed E-state index contributed by atoms with van der Waals surface area (Å²) in [5.74, 6) is 0. The lowest BCUT2D eigenvalue weighted by molar-refractivity contribution is 0.443. The largest absolute Gasteiger partial charge is 0.292 e. The van der Waals surface area contributed by atoms with Gasteiger partial charge in [-0.05, 0) is 18.3 Å². The van der Waals surface area contributed by atoms with Crippen LogP contribution in [0.5, 0.6) is 0 Å². The van der Waals surface area contributed by atoms with Gasteiger partial charge in [-0.25, -0.2) is 0 Å². The van der Waals surface area contributed by atoms with E-state index in [0.717, 1.165) is 5.19 Å². The molecule has 0 amide bonds. The van der Waals surface area contributed by atoms with Gasteiger partial charge in [0.1, 0.15) is 0 Å². The van der Waals surface area contributed by atoms with Crippen molar-refractivity contribution in [3.05, 3.63) is 30.3 Å². The smallest absolute Gasteiger partial charge is 0.262 e. The first kappa shape index (κ1) is 7.50. The third-order valence-corrected chi connectivity index (χ3v) is 3.19. The van der Waals surface area contributed by atoms with Crippen LogP contribution in [-0.4, -0.2) is 8.32 Å². The Morgan fingerprint density at radius 2 is 1.60 bits per heavy atom. The molecule has 0 fully saturated rings. The molecular weight excluding hydrogens is 140 g/mol. The van der Waals surface area contributed by atoms with Crippen molar-refractivity contribution >= 4 is 13.5 Å². The number of rotatable bonds is 1. The number of hydrogen-bond donors (Lipinski definition) is 0. The molecule has 1 aromatic rings. The van der Waals surface area contributed by atoms with Gasteiger partial charge in [-0.1, -0.05) is 30.3 Å². The Labute approximate surface area is 62.5 Å². The molecule has 1 rings (SSSR count). The van der Waals surface area contributed by atoms with Crippen molar-refractivity contribution in [2.24, 2.45) is 0 Å². The fraction of sp³-hybridized carbons (Fsp3) is 0.250. The second kappa shape index (κ2) is 2.56.